The van der Waals surface area contributed by atoms with Crippen molar-refractivity contribution in [3.8, 4) is 5.75 Å². The van der Waals surface area contributed by atoms with Gasteiger partial charge < -0.3 is 10.5 Å². The largest absolute Gasteiger partial charge is 0.496 e. The molecular formula is C15H14BrNO2. The van der Waals surface area contributed by atoms with Gasteiger partial charge in [-0.25, -0.2) is 0 Å². The molecule has 2 N–H and O–H groups in total. The summed E-state index contributed by atoms with van der Waals surface area (Å²) in [6.45, 7) is 1.89. The summed E-state index contributed by atoms with van der Waals surface area (Å²) in [6.07, 6.45) is 0. The van der Waals surface area contributed by atoms with Crippen LogP contribution < -0.4 is 10.5 Å². The first-order valence-electron chi connectivity index (χ1n) is 5.77. The van der Waals surface area contributed by atoms with Crippen molar-refractivity contribution in [1.82, 2.24) is 0 Å². The van der Waals surface area contributed by atoms with E-state index < -0.39 is 0 Å². The van der Waals surface area contributed by atoms with Crippen LogP contribution in [0.15, 0.2) is 40.9 Å². The Kier molecular flexibility index (Phi) is 3.90. The van der Waals surface area contributed by atoms with Crippen LogP contribution in [-0.4, -0.2) is 12.9 Å². The quantitative estimate of drug-likeness (QED) is 0.695. The fourth-order valence-electron chi connectivity index (χ4n) is 1.85. The first kappa shape index (κ1) is 13.6. The minimum Gasteiger partial charge on any atom is -0.496 e. The van der Waals surface area contributed by atoms with Crippen LogP contribution in [0.25, 0.3) is 0 Å². The molecule has 0 radical (unpaired) electrons. The smallest absolute Gasteiger partial charge is 0.193 e. The second-order valence-corrected chi connectivity index (χ2v) is 5.11. The molecule has 0 saturated heterocycles. The van der Waals surface area contributed by atoms with Crippen LogP contribution in [0.5, 0.6) is 5.75 Å². The first-order chi connectivity index (χ1) is 9.02. The van der Waals surface area contributed by atoms with Crippen molar-refractivity contribution in [3.05, 3.63) is 57.6 Å². The number of methoxy groups -OCH3 is 1. The van der Waals surface area contributed by atoms with Crippen LogP contribution in [0.2, 0.25) is 0 Å². The van der Waals surface area contributed by atoms with Crippen LogP contribution >= 0.6 is 15.9 Å². The van der Waals surface area contributed by atoms with Gasteiger partial charge in [-0.15, -0.1) is 0 Å². The monoisotopic (exact) mass is 319 g/mol. The van der Waals surface area contributed by atoms with Crippen LogP contribution in [0.1, 0.15) is 21.5 Å². The summed E-state index contributed by atoms with van der Waals surface area (Å²) in [7, 11) is 1.59. The highest BCUT2D eigenvalue weighted by atomic mass is 79.9. The molecule has 0 unspecified atom stereocenters. The Labute approximate surface area is 120 Å². The Morgan fingerprint density at radius 3 is 2.58 bits per heavy atom. The minimum atomic E-state index is -0.0480. The molecule has 0 bridgehead atoms. The van der Waals surface area contributed by atoms with E-state index in [4.69, 9.17) is 10.5 Å². The number of anilines is 1. The standard InChI is InChI=1S/C15H14BrNO2/c1-9-3-5-11(17)8-12(9)15(18)10-4-6-14(19-2)13(16)7-10/h3-8H,17H2,1-2H3. The Morgan fingerprint density at radius 1 is 1.21 bits per heavy atom. The molecule has 0 amide bonds. The minimum absolute atomic E-state index is 0.0480. The molecule has 2 aromatic carbocycles. The van der Waals surface area contributed by atoms with Gasteiger partial charge in [0.2, 0.25) is 0 Å². The molecule has 0 saturated carbocycles. The van der Waals surface area contributed by atoms with Crippen molar-refractivity contribution >= 4 is 27.4 Å². The molecule has 0 aromatic heterocycles. The maximum Gasteiger partial charge on any atom is 0.193 e. The number of aryl methyl sites for hydroxylation is 1. The van der Waals surface area contributed by atoms with Crippen LogP contribution in [0, 0.1) is 6.92 Å². The molecule has 0 aliphatic heterocycles. The lowest BCUT2D eigenvalue weighted by atomic mass is 9.98. The van der Waals surface area contributed by atoms with Gasteiger partial charge >= 0.3 is 0 Å². The Balaban J connectivity index is 2.44. The van der Waals surface area contributed by atoms with E-state index in [2.05, 4.69) is 15.9 Å². The van der Waals surface area contributed by atoms with Gasteiger partial charge in [-0.2, -0.15) is 0 Å². The van der Waals surface area contributed by atoms with E-state index >= 15 is 0 Å². The summed E-state index contributed by atoms with van der Waals surface area (Å²) < 4.78 is 5.90. The maximum atomic E-state index is 12.5. The van der Waals surface area contributed by atoms with Crippen LogP contribution in [0.3, 0.4) is 0 Å². The molecular weight excluding hydrogens is 306 g/mol. The summed E-state index contributed by atoms with van der Waals surface area (Å²) in [5.41, 5.74) is 8.45. The second-order valence-electron chi connectivity index (χ2n) is 4.25. The molecule has 0 heterocycles. The van der Waals surface area contributed by atoms with Gasteiger partial charge in [-0.1, -0.05) is 6.07 Å². The fourth-order valence-corrected chi connectivity index (χ4v) is 2.39. The van der Waals surface area contributed by atoms with Crippen LogP contribution in [0.4, 0.5) is 5.69 Å². The summed E-state index contributed by atoms with van der Waals surface area (Å²) in [5.74, 6) is 0.647. The number of benzene rings is 2. The topological polar surface area (TPSA) is 52.3 Å². The third-order valence-corrected chi connectivity index (χ3v) is 3.54. The summed E-state index contributed by atoms with van der Waals surface area (Å²) in [5, 5.41) is 0. The Morgan fingerprint density at radius 2 is 1.95 bits per heavy atom. The van der Waals surface area contributed by atoms with Gasteiger partial charge in [0, 0.05) is 16.8 Å². The molecule has 0 atom stereocenters. The number of hydrogen-bond acceptors (Lipinski definition) is 3. The third kappa shape index (κ3) is 2.79. The molecule has 3 nitrogen and oxygen atoms in total. The van der Waals surface area contributed by atoms with Crippen molar-refractivity contribution in [2.45, 2.75) is 6.92 Å². The zero-order valence-corrected chi connectivity index (χ0v) is 12.3. The molecule has 0 aliphatic carbocycles. The lowest BCUT2D eigenvalue weighted by Gasteiger charge is -2.08. The molecule has 98 valence electrons. The van der Waals surface area contributed by atoms with Crippen molar-refractivity contribution in [3.63, 3.8) is 0 Å². The van der Waals surface area contributed by atoms with Gasteiger partial charge in [-0.3, -0.25) is 4.79 Å². The number of halogens is 1. The molecule has 4 heteroatoms. The average Bonchev–Trinajstić information content (AvgIpc) is 2.40. The van der Waals surface area contributed by atoms with Crippen molar-refractivity contribution in [2.24, 2.45) is 0 Å². The lowest BCUT2D eigenvalue weighted by Crippen LogP contribution is -2.05. The zero-order chi connectivity index (χ0) is 14.0. The number of ether oxygens (including phenoxy) is 1. The number of hydrogen-bond donors (Lipinski definition) is 1. The van der Waals surface area contributed by atoms with E-state index in [0.29, 0.717) is 22.6 Å². The van der Waals surface area contributed by atoms with Crippen molar-refractivity contribution < 1.29 is 9.53 Å². The summed E-state index contributed by atoms with van der Waals surface area (Å²) >= 11 is 3.38. The van der Waals surface area contributed by atoms with E-state index in [1.807, 2.05) is 13.0 Å². The number of nitrogen functional groups attached to an aromatic ring is 1. The van der Waals surface area contributed by atoms with Crippen molar-refractivity contribution in [2.75, 3.05) is 12.8 Å². The van der Waals surface area contributed by atoms with E-state index in [1.54, 1.807) is 37.4 Å². The average molecular weight is 320 g/mol. The van der Waals surface area contributed by atoms with E-state index in [-0.39, 0.29) is 5.78 Å². The normalized spacial score (nSPS) is 10.3. The zero-order valence-electron chi connectivity index (χ0n) is 10.7. The highest BCUT2D eigenvalue weighted by Crippen LogP contribution is 2.27. The number of ketones is 1. The SMILES string of the molecule is COc1ccc(C(=O)c2cc(N)ccc2C)cc1Br. The van der Waals surface area contributed by atoms with E-state index in [9.17, 15) is 4.79 Å². The molecule has 2 aromatic rings. The number of nitrogens with two attached hydrogens (primary N) is 1. The van der Waals surface area contributed by atoms with Gasteiger partial charge in [0.25, 0.3) is 0 Å². The predicted molar refractivity (Wildman–Crippen MR) is 79.7 cm³/mol. The first-order valence-corrected chi connectivity index (χ1v) is 6.56. The summed E-state index contributed by atoms with van der Waals surface area (Å²) in [6, 6.07) is 10.6. The molecule has 19 heavy (non-hydrogen) atoms. The Hall–Kier alpha value is -1.81. The van der Waals surface area contributed by atoms with E-state index in [0.717, 1.165) is 10.0 Å². The van der Waals surface area contributed by atoms with Gasteiger partial charge in [-0.05, 0) is 58.7 Å². The molecule has 2 rings (SSSR count). The molecule has 0 aliphatic rings. The summed E-state index contributed by atoms with van der Waals surface area (Å²) in [4.78, 5) is 12.5. The number of rotatable bonds is 3. The second kappa shape index (κ2) is 5.45. The number of carbonyl (C=O) groups excluding carboxylic acids is 1. The highest BCUT2D eigenvalue weighted by molar-refractivity contribution is 9.10. The Bertz CT molecular complexity index is 638. The maximum absolute atomic E-state index is 12.5. The van der Waals surface area contributed by atoms with Crippen molar-refractivity contribution in [1.29, 1.82) is 0 Å². The highest BCUT2D eigenvalue weighted by Gasteiger charge is 2.13. The van der Waals surface area contributed by atoms with Crippen LogP contribution in [-0.2, 0) is 0 Å². The third-order valence-electron chi connectivity index (χ3n) is 2.92. The predicted octanol–water partition coefficient (Wildman–Crippen LogP) is 3.58. The lowest BCUT2D eigenvalue weighted by molar-refractivity contribution is 0.103. The van der Waals surface area contributed by atoms with E-state index in [1.165, 1.54) is 0 Å². The fraction of sp³-hybridized carbons (Fsp3) is 0.133. The number of carbonyl (C=O) groups is 1. The molecule has 0 spiro atoms. The van der Waals surface area contributed by atoms with Gasteiger partial charge in [0.05, 0.1) is 11.6 Å². The van der Waals surface area contributed by atoms with Gasteiger partial charge in [0.1, 0.15) is 5.75 Å². The van der Waals surface area contributed by atoms with Gasteiger partial charge in [0.15, 0.2) is 5.78 Å². The molecule has 0 fully saturated rings.